The molecule has 0 aliphatic rings. The minimum atomic E-state index is 0.246. The molecule has 0 unspecified atom stereocenters. The van der Waals surface area contributed by atoms with E-state index in [0.717, 1.165) is 13.1 Å². The Morgan fingerprint density at radius 3 is 1.94 bits per heavy atom. The molecule has 0 saturated carbocycles. The van der Waals surface area contributed by atoms with Gasteiger partial charge in [-0.3, -0.25) is 0 Å². The lowest BCUT2D eigenvalue weighted by molar-refractivity contribution is 0.242. The first kappa shape index (κ1) is 15.9. The van der Waals surface area contributed by atoms with E-state index in [0.29, 0.717) is 11.5 Å². The maximum absolute atomic E-state index is 3.65. The van der Waals surface area contributed by atoms with E-state index in [-0.39, 0.29) is 5.54 Å². The van der Waals surface area contributed by atoms with Crippen molar-refractivity contribution in [1.82, 2.24) is 10.6 Å². The quantitative estimate of drug-likeness (QED) is 0.654. The number of hydrogen-bond donors (Lipinski definition) is 2. The molecule has 0 aliphatic carbocycles. The van der Waals surface area contributed by atoms with E-state index >= 15 is 0 Å². The summed E-state index contributed by atoms with van der Waals surface area (Å²) in [6.07, 6.45) is 2.41. The molecule has 0 aliphatic heterocycles. The standard InChI is InChI=1S/C14H32N2/c1-12(2)15-9-8-10-16-14(6,7)11-13(3,4)5/h12,15-16H,8-11H2,1-7H3. The number of nitrogens with one attached hydrogen (secondary N) is 2. The summed E-state index contributed by atoms with van der Waals surface area (Å²) >= 11 is 0. The topological polar surface area (TPSA) is 24.1 Å². The average molecular weight is 228 g/mol. The predicted molar refractivity (Wildman–Crippen MR) is 73.9 cm³/mol. The van der Waals surface area contributed by atoms with Crippen LogP contribution >= 0.6 is 0 Å². The van der Waals surface area contributed by atoms with Gasteiger partial charge in [0.15, 0.2) is 0 Å². The Hall–Kier alpha value is -0.0800. The molecule has 0 aromatic rings. The van der Waals surface area contributed by atoms with Crippen LogP contribution in [0.4, 0.5) is 0 Å². The molecular formula is C14H32N2. The molecule has 0 fully saturated rings. The molecule has 2 heteroatoms. The van der Waals surface area contributed by atoms with Crippen molar-refractivity contribution in [2.45, 2.75) is 72.9 Å². The van der Waals surface area contributed by atoms with Crippen LogP contribution < -0.4 is 10.6 Å². The largest absolute Gasteiger partial charge is 0.314 e. The zero-order valence-electron chi connectivity index (χ0n) is 12.4. The van der Waals surface area contributed by atoms with Crippen molar-refractivity contribution in [2.24, 2.45) is 5.41 Å². The molecule has 98 valence electrons. The minimum Gasteiger partial charge on any atom is -0.314 e. The summed E-state index contributed by atoms with van der Waals surface area (Å²) in [4.78, 5) is 0. The second-order valence-electron chi connectivity index (χ2n) is 7.01. The summed E-state index contributed by atoms with van der Waals surface area (Å²) < 4.78 is 0. The molecular weight excluding hydrogens is 196 g/mol. The van der Waals surface area contributed by atoms with Crippen molar-refractivity contribution in [1.29, 1.82) is 0 Å². The lowest BCUT2D eigenvalue weighted by Gasteiger charge is -2.33. The van der Waals surface area contributed by atoms with Crippen LogP contribution in [0.15, 0.2) is 0 Å². The third-order valence-electron chi connectivity index (χ3n) is 2.48. The van der Waals surface area contributed by atoms with Crippen molar-refractivity contribution in [3.8, 4) is 0 Å². The SMILES string of the molecule is CC(C)NCCCNC(C)(C)CC(C)(C)C. The van der Waals surface area contributed by atoms with Crippen LogP contribution in [0.2, 0.25) is 0 Å². The van der Waals surface area contributed by atoms with Gasteiger partial charge >= 0.3 is 0 Å². The highest BCUT2D eigenvalue weighted by Gasteiger charge is 2.24. The fourth-order valence-corrected chi connectivity index (χ4v) is 2.29. The first-order chi connectivity index (χ1) is 7.12. The van der Waals surface area contributed by atoms with Gasteiger partial charge in [-0.05, 0) is 45.2 Å². The second-order valence-corrected chi connectivity index (χ2v) is 7.01. The predicted octanol–water partition coefficient (Wildman–Crippen LogP) is 3.18. The molecule has 2 nitrogen and oxygen atoms in total. The Morgan fingerprint density at radius 1 is 0.938 bits per heavy atom. The van der Waals surface area contributed by atoms with E-state index in [2.05, 4.69) is 59.1 Å². The van der Waals surface area contributed by atoms with Crippen molar-refractivity contribution in [3.05, 3.63) is 0 Å². The zero-order valence-corrected chi connectivity index (χ0v) is 12.4. The van der Waals surface area contributed by atoms with Gasteiger partial charge in [-0.15, -0.1) is 0 Å². The molecule has 0 aromatic carbocycles. The molecule has 0 aromatic heterocycles. The van der Waals surface area contributed by atoms with Crippen molar-refractivity contribution in [2.75, 3.05) is 13.1 Å². The van der Waals surface area contributed by atoms with E-state index < -0.39 is 0 Å². The molecule has 0 heterocycles. The van der Waals surface area contributed by atoms with Crippen LogP contribution in [0.5, 0.6) is 0 Å². The summed E-state index contributed by atoms with van der Waals surface area (Å²) in [6, 6.07) is 0.600. The van der Waals surface area contributed by atoms with E-state index in [9.17, 15) is 0 Å². The van der Waals surface area contributed by atoms with E-state index in [1.54, 1.807) is 0 Å². The summed E-state index contributed by atoms with van der Waals surface area (Å²) in [5.74, 6) is 0. The first-order valence-electron chi connectivity index (χ1n) is 6.61. The molecule has 0 rings (SSSR count). The van der Waals surface area contributed by atoms with Gasteiger partial charge in [0, 0.05) is 11.6 Å². The van der Waals surface area contributed by atoms with E-state index in [1.165, 1.54) is 12.8 Å². The third kappa shape index (κ3) is 10.4. The fourth-order valence-electron chi connectivity index (χ4n) is 2.29. The Bertz CT molecular complexity index is 178. The van der Waals surface area contributed by atoms with Crippen LogP contribution in [-0.2, 0) is 0 Å². The van der Waals surface area contributed by atoms with Gasteiger partial charge in [0.1, 0.15) is 0 Å². The molecule has 0 radical (unpaired) electrons. The lowest BCUT2D eigenvalue weighted by atomic mass is 9.82. The Balaban J connectivity index is 3.66. The lowest BCUT2D eigenvalue weighted by Crippen LogP contribution is -2.43. The first-order valence-corrected chi connectivity index (χ1v) is 6.61. The van der Waals surface area contributed by atoms with E-state index in [4.69, 9.17) is 0 Å². The van der Waals surface area contributed by atoms with Crippen LogP contribution in [0.1, 0.15) is 61.3 Å². The summed E-state index contributed by atoms with van der Waals surface area (Å²) in [5.41, 5.74) is 0.642. The number of rotatable bonds is 7. The van der Waals surface area contributed by atoms with Gasteiger partial charge in [-0.2, -0.15) is 0 Å². The van der Waals surface area contributed by atoms with Crippen LogP contribution in [-0.4, -0.2) is 24.7 Å². The minimum absolute atomic E-state index is 0.246. The van der Waals surface area contributed by atoms with Crippen molar-refractivity contribution < 1.29 is 0 Å². The van der Waals surface area contributed by atoms with Gasteiger partial charge in [0.2, 0.25) is 0 Å². The fraction of sp³-hybridized carbons (Fsp3) is 1.00. The molecule has 0 amide bonds. The maximum Gasteiger partial charge on any atom is 0.0130 e. The van der Waals surface area contributed by atoms with Gasteiger partial charge in [-0.1, -0.05) is 34.6 Å². The average Bonchev–Trinajstić information content (AvgIpc) is 1.97. The van der Waals surface area contributed by atoms with Crippen molar-refractivity contribution >= 4 is 0 Å². The second kappa shape index (κ2) is 6.61. The molecule has 2 N–H and O–H groups in total. The highest BCUT2D eigenvalue weighted by molar-refractivity contribution is 4.83. The summed E-state index contributed by atoms with van der Waals surface area (Å²) in [6.45, 7) is 18.1. The van der Waals surface area contributed by atoms with Gasteiger partial charge in [-0.25, -0.2) is 0 Å². The molecule has 0 spiro atoms. The third-order valence-corrected chi connectivity index (χ3v) is 2.48. The Labute approximate surface area is 103 Å². The van der Waals surface area contributed by atoms with Gasteiger partial charge in [0.25, 0.3) is 0 Å². The van der Waals surface area contributed by atoms with Crippen LogP contribution in [0.3, 0.4) is 0 Å². The summed E-state index contributed by atoms with van der Waals surface area (Å²) in [5, 5.41) is 7.09. The molecule has 0 bridgehead atoms. The normalized spacial score (nSPS) is 13.5. The monoisotopic (exact) mass is 228 g/mol. The zero-order chi connectivity index (χ0) is 12.8. The van der Waals surface area contributed by atoms with Crippen LogP contribution in [0.25, 0.3) is 0 Å². The van der Waals surface area contributed by atoms with E-state index in [1.807, 2.05) is 0 Å². The van der Waals surface area contributed by atoms with Crippen LogP contribution in [0, 0.1) is 5.41 Å². The Morgan fingerprint density at radius 2 is 1.50 bits per heavy atom. The molecule has 0 atom stereocenters. The van der Waals surface area contributed by atoms with Gasteiger partial charge < -0.3 is 10.6 Å². The number of hydrogen-bond acceptors (Lipinski definition) is 2. The van der Waals surface area contributed by atoms with Gasteiger partial charge in [0.05, 0.1) is 0 Å². The highest BCUT2D eigenvalue weighted by Crippen LogP contribution is 2.26. The van der Waals surface area contributed by atoms with Crippen molar-refractivity contribution in [3.63, 3.8) is 0 Å². The Kier molecular flexibility index (Phi) is 6.57. The smallest absolute Gasteiger partial charge is 0.0130 e. The molecule has 0 saturated heterocycles. The maximum atomic E-state index is 3.65. The highest BCUT2D eigenvalue weighted by atomic mass is 15.0. The molecule has 16 heavy (non-hydrogen) atoms. The summed E-state index contributed by atoms with van der Waals surface area (Å²) in [7, 11) is 0.